The molecule has 0 saturated carbocycles. The number of rotatable bonds is 1. The van der Waals surface area contributed by atoms with E-state index in [1.807, 2.05) is 17.5 Å². The molecule has 3 nitrogen and oxygen atoms in total. The highest BCUT2D eigenvalue weighted by Crippen LogP contribution is 2.27. The number of nitrogens with zero attached hydrogens (tertiary/aromatic N) is 1. The number of aromatic nitrogens is 1. The molecule has 0 aliphatic rings. The first kappa shape index (κ1) is 10.5. The maximum absolute atomic E-state index is 11.7. The molecule has 2 aromatic heterocycles. The Morgan fingerprint density at radius 2 is 2.06 bits per heavy atom. The molecule has 0 atom stereocenters. The van der Waals surface area contributed by atoms with E-state index in [0.29, 0.717) is 20.8 Å². The van der Waals surface area contributed by atoms with E-state index in [9.17, 15) is 4.79 Å². The first-order valence-electron chi connectivity index (χ1n) is 4.89. The van der Waals surface area contributed by atoms with Crippen LogP contribution < -0.4 is 5.63 Å². The summed E-state index contributed by atoms with van der Waals surface area (Å²) in [6.07, 6.45) is 0. The zero-order valence-electron chi connectivity index (χ0n) is 8.51. The molecule has 0 aliphatic carbocycles. The predicted molar refractivity (Wildman–Crippen MR) is 68.6 cm³/mol. The monoisotopic (exact) mass is 263 g/mol. The third-order valence-electron chi connectivity index (χ3n) is 2.35. The van der Waals surface area contributed by atoms with Crippen molar-refractivity contribution in [3.8, 4) is 11.5 Å². The molecule has 17 heavy (non-hydrogen) atoms. The van der Waals surface area contributed by atoms with Gasteiger partial charge in [-0.15, -0.1) is 11.3 Å². The molecular weight excluding hydrogens is 258 g/mol. The first-order valence-corrected chi connectivity index (χ1v) is 6.15. The molecule has 84 valence electrons. The molecule has 0 radical (unpaired) electrons. The Balaban J connectivity index is 2.32. The fraction of sp³-hybridized carbons (Fsp3) is 0. The summed E-state index contributed by atoms with van der Waals surface area (Å²) in [4.78, 5) is 16.0. The van der Waals surface area contributed by atoms with Crippen LogP contribution in [0.1, 0.15) is 0 Å². The summed E-state index contributed by atoms with van der Waals surface area (Å²) in [5, 5.41) is 2.32. The van der Waals surface area contributed by atoms with Crippen molar-refractivity contribution in [2.75, 3.05) is 0 Å². The topological polar surface area (TPSA) is 43.1 Å². The molecule has 0 aliphatic heterocycles. The van der Waals surface area contributed by atoms with E-state index in [1.165, 1.54) is 11.3 Å². The molecule has 0 fully saturated rings. The summed E-state index contributed by atoms with van der Waals surface area (Å²) in [6, 6.07) is 8.92. The van der Waals surface area contributed by atoms with Crippen LogP contribution in [0.4, 0.5) is 0 Å². The predicted octanol–water partition coefficient (Wildman–Crippen LogP) is 3.57. The summed E-state index contributed by atoms with van der Waals surface area (Å²) in [5.41, 5.74) is 0.889. The lowest BCUT2D eigenvalue weighted by atomic mass is 10.2. The minimum atomic E-state index is -0.375. The molecule has 0 amide bonds. The van der Waals surface area contributed by atoms with Crippen LogP contribution in [0, 0.1) is 0 Å². The van der Waals surface area contributed by atoms with Crippen molar-refractivity contribution in [3.63, 3.8) is 0 Å². The van der Waals surface area contributed by atoms with Gasteiger partial charge in [0, 0.05) is 0 Å². The Hall–Kier alpha value is -1.65. The Morgan fingerprint density at radius 1 is 1.24 bits per heavy atom. The van der Waals surface area contributed by atoms with E-state index in [4.69, 9.17) is 16.0 Å². The number of hydrogen-bond donors (Lipinski definition) is 0. The Bertz CT molecular complexity index is 747. The van der Waals surface area contributed by atoms with Gasteiger partial charge in [-0.1, -0.05) is 23.7 Å². The molecular formula is C12H6ClNO2S. The van der Waals surface area contributed by atoms with Gasteiger partial charge in [0.05, 0.1) is 16.1 Å². The van der Waals surface area contributed by atoms with Gasteiger partial charge in [-0.2, -0.15) is 0 Å². The fourth-order valence-corrected chi connectivity index (χ4v) is 2.48. The summed E-state index contributed by atoms with van der Waals surface area (Å²) < 4.78 is 5.70. The van der Waals surface area contributed by atoms with Gasteiger partial charge in [0.25, 0.3) is 0 Å². The SMILES string of the molecule is O=c1oc(-c2ccccc2Cl)nc2ccsc12. The first-order chi connectivity index (χ1) is 8.25. The molecule has 0 spiro atoms. The molecule has 0 saturated heterocycles. The van der Waals surface area contributed by atoms with Crippen molar-refractivity contribution in [2.24, 2.45) is 0 Å². The maximum Gasteiger partial charge on any atom is 0.357 e. The highest BCUT2D eigenvalue weighted by molar-refractivity contribution is 7.17. The van der Waals surface area contributed by atoms with E-state index in [0.717, 1.165) is 0 Å². The molecule has 0 bridgehead atoms. The van der Waals surface area contributed by atoms with Crippen LogP contribution in [0.3, 0.4) is 0 Å². The smallest absolute Gasteiger partial charge is 0.357 e. The zero-order valence-corrected chi connectivity index (χ0v) is 10.1. The average Bonchev–Trinajstić information content (AvgIpc) is 2.78. The number of thiophene rings is 1. The number of benzene rings is 1. The van der Waals surface area contributed by atoms with Crippen molar-refractivity contribution in [1.82, 2.24) is 4.98 Å². The lowest BCUT2D eigenvalue weighted by Crippen LogP contribution is -2.00. The van der Waals surface area contributed by atoms with Gasteiger partial charge in [-0.3, -0.25) is 0 Å². The number of hydrogen-bond acceptors (Lipinski definition) is 4. The molecule has 1 aromatic carbocycles. The minimum absolute atomic E-state index is 0.256. The summed E-state index contributed by atoms with van der Waals surface area (Å²) in [7, 11) is 0. The third kappa shape index (κ3) is 1.75. The van der Waals surface area contributed by atoms with Gasteiger partial charge in [0.1, 0.15) is 4.70 Å². The van der Waals surface area contributed by atoms with Gasteiger partial charge < -0.3 is 4.42 Å². The van der Waals surface area contributed by atoms with Crippen molar-refractivity contribution >= 4 is 33.2 Å². The Morgan fingerprint density at radius 3 is 2.88 bits per heavy atom. The zero-order chi connectivity index (χ0) is 11.8. The second-order valence-electron chi connectivity index (χ2n) is 3.42. The Kier molecular flexibility index (Phi) is 2.46. The van der Waals surface area contributed by atoms with Crippen LogP contribution in [-0.2, 0) is 0 Å². The van der Waals surface area contributed by atoms with Crippen molar-refractivity contribution in [3.05, 3.63) is 51.2 Å². The van der Waals surface area contributed by atoms with Crippen molar-refractivity contribution in [2.45, 2.75) is 0 Å². The minimum Gasteiger partial charge on any atom is -0.402 e. The van der Waals surface area contributed by atoms with Gasteiger partial charge in [0.2, 0.25) is 5.89 Å². The van der Waals surface area contributed by atoms with Crippen molar-refractivity contribution in [1.29, 1.82) is 0 Å². The third-order valence-corrected chi connectivity index (χ3v) is 3.56. The molecule has 3 rings (SSSR count). The highest BCUT2D eigenvalue weighted by atomic mass is 35.5. The molecule has 3 aromatic rings. The Labute approximate surface area is 105 Å². The summed E-state index contributed by atoms with van der Waals surface area (Å²) in [5.74, 6) is 0.256. The lowest BCUT2D eigenvalue weighted by Gasteiger charge is -2.01. The fourth-order valence-electron chi connectivity index (χ4n) is 1.56. The van der Waals surface area contributed by atoms with Gasteiger partial charge in [-0.05, 0) is 23.6 Å². The van der Waals surface area contributed by atoms with Gasteiger partial charge in [-0.25, -0.2) is 9.78 Å². The van der Waals surface area contributed by atoms with Crippen LogP contribution in [0.25, 0.3) is 21.7 Å². The van der Waals surface area contributed by atoms with E-state index >= 15 is 0 Å². The second-order valence-corrected chi connectivity index (χ2v) is 4.74. The van der Waals surface area contributed by atoms with Gasteiger partial charge >= 0.3 is 5.63 Å². The highest BCUT2D eigenvalue weighted by Gasteiger charge is 2.11. The maximum atomic E-state index is 11.7. The standard InChI is InChI=1S/C12H6ClNO2S/c13-8-4-2-1-3-7(8)11-14-9-5-6-17-10(9)12(15)16-11/h1-6H. The van der Waals surface area contributed by atoms with Crippen LogP contribution in [-0.4, -0.2) is 4.98 Å². The largest absolute Gasteiger partial charge is 0.402 e. The molecule has 2 heterocycles. The summed E-state index contributed by atoms with van der Waals surface area (Å²) in [6.45, 7) is 0. The van der Waals surface area contributed by atoms with Crippen molar-refractivity contribution < 1.29 is 4.42 Å². The van der Waals surface area contributed by atoms with E-state index in [1.54, 1.807) is 18.2 Å². The van der Waals surface area contributed by atoms with E-state index in [-0.39, 0.29) is 11.5 Å². The summed E-state index contributed by atoms with van der Waals surface area (Å²) >= 11 is 7.36. The molecule has 5 heteroatoms. The van der Waals surface area contributed by atoms with Crippen LogP contribution in [0.5, 0.6) is 0 Å². The molecule has 0 unspecified atom stereocenters. The lowest BCUT2D eigenvalue weighted by molar-refractivity contribution is 0.519. The second kappa shape index (κ2) is 3.98. The van der Waals surface area contributed by atoms with Crippen LogP contribution >= 0.6 is 22.9 Å². The molecule has 0 N–H and O–H groups in total. The quantitative estimate of drug-likeness (QED) is 0.674. The van der Waals surface area contributed by atoms with Gasteiger partial charge in [0.15, 0.2) is 0 Å². The van der Waals surface area contributed by atoms with E-state index < -0.39 is 0 Å². The normalized spacial score (nSPS) is 10.9. The number of halogens is 1. The average molecular weight is 264 g/mol. The van der Waals surface area contributed by atoms with Crippen LogP contribution in [0.2, 0.25) is 5.02 Å². The number of fused-ring (bicyclic) bond motifs is 1. The van der Waals surface area contributed by atoms with E-state index in [2.05, 4.69) is 4.98 Å². The van der Waals surface area contributed by atoms with Crippen LogP contribution in [0.15, 0.2) is 44.9 Å².